The van der Waals surface area contributed by atoms with Crippen LogP contribution in [0.3, 0.4) is 0 Å². The topological polar surface area (TPSA) is 9.23 Å². The lowest BCUT2D eigenvalue weighted by atomic mass is 9.68. The zero-order chi connectivity index (χ0) is 20.3. The number of halogens is 1. The van der Waals surface area contributed by atoms with Gasteiger partial charge in [-0.15, -0.1) is 0 Å². The first-order valence-electron chi connectivity index (χ1n) is 12.3. The zero-order valence-corrected chi connectivity index (χ0v) is 18.5. The molecular weight excluding hydrogens is 359 g/mol. The molecule has 3 rings (SSSR count). The number of unbranched alkanes of at least 4 members (excludes halogenated alkanes) is 2. The third-order valence-corrected chi connectivity index (χ3v) is 7.53. The van der Waals surface area contributed by atoms with Crippen LogP contribution in [0.4, 0.5) is 4.39 Å². The Hall–Kier alpha value is -1.31. The molecule has 0 aromatic heterocycles. The van der Waals surface area contributed by atoms with Crippen LogP contribution in [0.2, 0.25) is 0 Å². The van der Waals surface area contributed by atoms with E-state index in [1.807, 2.05) is 0 Å². The van der Waals surface area contributed by atoms with Gasteiger partial charge < -0.3 is 4.74 Å². The Balaban J connectivity index is 1.37. The van der Waals surface area contributed by atoms with Gasteiger partial charge in [-0.3, -0.25) is 0 Å². The standard InChI is InChI=1S/C27H41FO/c1-2-3-6-21-29-27-18-16-26(17-19-27)25-14-12-24(13-15-25)23-10-8-22(9-11-23)7-4-5-20-28/h5,16-20,22-25H,2-4,6-15,21H2,1H3/b20-5+. The Labute approximate surface area is 178 Å². The lowest BCUT2D eigenvalue weighted by Crippen LogP contribution is -2.25. The predicted molar refractivity (Wildman–Crippen MR) is 121 cm³/mol. The summed E-state index contributed by atoms with van der Waals surface area (Å²) in [5.41, 5.74) is 1.51. The second kappa shape index (κ2) is 12.4. The molecule has 2 saturated carbocycles. The summed E-state index contributed by atoms with van der Waals surface area (Å²) in [5.74, 6) is 4.49. The van der Waals surface area contributed by atoms with E-state index in [1.165, 1.54) is 76.2 Å². The van der Waals surface area contributed by atoms with Gasteiger partial charge >= 0.3 is 0 Å². The van der Waals surface area contributed by atoms with Gasteiger partial charge in [0.2, 0.25) is 0 Å². The molecule has 0 spiro atoms. The summed E-state index contributed by atoms with van der Waals surface area (Å²) in [6, 6.07) is 8.95. The Morgan fingerprint density at radius 1 is 0.897 bits per heavy atom. The molecule has 29 heavy (non-hydrogen) atoms. The molecule has 0 atom stereocenters. The minimum atomic E-state index is 0.707. The van der Waals surface area contributed by atoms with E-state index in [4.69, 9.17) is 4.74 Å². The summed E-state index contributed by atoms with van der Waals surface area (Å²) in [7, 11) is 0. The quantitative estimate of drug-likeness (QED) is 0.357. The monoisotopic (exact) mass is 400 g/mol. The Bertz CT molecular complexity index is 577. The van der Waals surface area contributed by atoms with Crippen molar-refractivity contribution in [2.45, 2.75) is 96.3 Å². The maximum Gasteiger partial charge on any atom is 0.119 e. The molecule has 0 heterocycles. The van der Waals surface area contributed by atoms with E-state index in [0.717, 1.165) is 48.9 Å². The van der Waals surface area contributed by atoms with Gasteiger partial charge in [-0.2, -0.15) is 0 Å². The van der Waals surface area contributed by atoms with E-state index in [1.54, 1.807) is 6.08 Å². The zero-order valence-electron chi connectivity index (χ0n) is 18.5. The molecule has 0 amide bonds. The fourth-order valence-corrected chi connectivity index (χ4v) is 5.65. The molecular formula is C27H41FO. The van der Waals surface area contributed by atoms with E-state index >= 15 is 0 Å². The molecule has 2 fully saturated rings. The van der Waals surface area contributed by atoms with Gasteiger partial charge in [0.15, 0.2) is 0 Å². The highest BCUT2D eigenvalue weighted by Crippen LogP contribution is 2.44. The van der Waals surface area contributed by atoms with Gasteiger partial charge in [-0.25, -0.2) is 4.39 Å². The van der Waals surface area contributed by atoms with Crippen molar-refractivity contribution in [3.8, 4) is 5.75 Å². The van der Waals surface area contributed by atoms with Crippen LogP contribution in [-0.2, 0) is 0 Å². The highest BCUT2D eigenvalue weighted by atomic mass is 19.1. The van der Waals surface area contributed by atoms with Crippen LogP contribution in [0.5, 0.6) is 5.75 Å². The maximum atomic E-state index is 12.1. The van der Waals surface area contributed by atoms with Crippen LogP contribution in [0.1, 0.15) is 102 Å². The molecule has 1 nitrogen and oxygen atoms in total. The lowest BCUT2D eigenvalue weighted by molar-refractivity contribution is 0.157. The maximum absolute atomic E-state index is 12.1. The summed E-state index contributed by atoms with van der Waals surface area (Å²) in [4.78, 5) is 0. The first kappa shape index (κ1) is 22.4. The molecule has 1 aromatic rings. The van der Waals surface area contributed by atoms with Crippen LogP contribution < -0.4 is 4.74 Å². The highest BCUT2D eigenvalue weighted by Gasteiger charge is 2.31. The van der Waals surface area contributed by atoms with E-state index < -0.39 is 0 Å². The van der Waals surface area contributed by atoms with Gasteiger partial charge in [0.1, 0.15) is 5.75 Å². The fourth-order valence-electron chi connectivity index (χ4n) is 5.65. The molecule has 0 N–H and O–H groups in total. The summed E-state index contributed by atoms with van der Waals surface area (Å²) >= 11 is 0. The van der Waals surface area contributed by atoms with Gasteiger partial charge in [0.25, 0.3) is 0 Å². The number of hydrogen-bond acceptors (Lipinski definition) is 1. The summed E-state index contributed by atoms with van der Waals surface area (Å²) < 4.78 is 18.0. The van der Waals surface area contributed by atoms with Crippen LogP contribution in [0.25, 0.3) is 0 Å². The summed E-state index contributed by atoms with van der Waals surface area (Å²) in [6.45, 7) is 3.07. The lowest BCUT2D eigenvalue weighted by Gasteiger charge is -2.38. The molecule has 1 aromatic carbocycles. The minimum Gasteiger partial charge on any atom is -0.494 e. The Morgan fingerprint density at radius 3 is 2.17 bits per heavy atom. The van der Waals surface area contributed by atoms with Crippen LogP contribution in [0, 0.1) is 17.8 Å². The van der Waals surface area contributed by atoms with Gasteiger partial charge in [-0.05, 0) is 99.2 Å². The second-order valence-corrected chi connectivity index (χ2v) is 9.46. The highest BCUT2D eigenvalue weighted by molar-refractivity contribution is 5.29. The number of benzene rings is 1. The van der Waals surface area contributed by atoms with Crippen molar-refractivity contribution in [1.29, 1.82) is 0 Å². The van der Waals surface area contributed by atoms with E-state index in [0.29, 0.717) is 6.33 Å². The van der Waals surface area contributed by atoms with Gasteiger partial charge in [-0.1, -0.05) is 50.8 Å². The van der Waals surface area contributed by atoms with Crippen molar-refractivity contribution in [3.05, 3.63) is 42.2 Å². The fraction of sp³-hybridized carbons (Fsp3) is 0.704. The van der Waals surface area contributed by atoms with E-state index in [-0.39, 0.29) is 0 Å². The first-order chi connectivity index (χ1) is 14.3. The van der Waals surface area contributed by atoms with Gasteiger partial charge in [0.05, 0.1) is 12.9 Å². The van der Waals surface area contributed by atoms with E-state index in [2.05, 4.69) is 31.2 Å². The molecule has 162 valence electrons. The van der Waals surface area contributed by atoms with Crippen molar-refractivity contribution in [1.82, 2.24) is 0 Å². The smallest absolute Gasteiger partial charge is 0.119 e. The Morgan fingerprint density at radius 2 is 1.55 bits per heavy atom. The molecule has 0 bridgehead atoms. The first-order valence-corrected chi connectivity index (χ1v) is 12.3. The van der Waals surface area contributed by atoms with E-state index in [9.17, 15) is 4.39 Å². The molecule has 2 aliphatic carbocycles. The van der Waals surface area contributed by atoms with Crippen molar-refractivity contribution < 1.29 is 9.13 Å². The number of allylic oxidation sites excluding steroid dienone is 1. The molecule has 0 radical (unpaired) electrons. The number of rotatable bonds is 10. The van der Waals surface area contributed by atoms with Crippen LogP contribution in [0.15, 0.2) is 36.7 Å². The third kappa shape index (κ3) is 7.15. The van der Waals surface area contributed by atoms with Gasteiger partial charge in [0, 0.05) is 0 Å². The largest absolute Gasteiger partial charge is 0.494 e. The predicted octanol–water partition coefficient (Wildman–Crippen LogP) is 8.60. The average Bonchev–Trinajstić information content (AvgIpc) is 2.78. The van der Waals surface area contributed by atoms with Crippen molar-refractivity contribution in [2.75, 3.05) is 6.61 Å². The van der Waals surface area contributed by atoms with Crippen LogP contribution >= 0.6 is 0 Å². The summed E-state index contributed by atoms with van der Waals surface area (Å²) in [5, 5.41) is 0. The normalized spacial score (nSPS) is 27.9. The number of hydrogen-bond donors (Lipinski definition) is 0. The molecule has 2 heteroatoms. The second-order valence-electron chi connectivity index (χ2n) is 9.46. The average molecular weight is 401 g/mol. The molecule has 0 saturated heterocycles. The summed E-state index contributed by atoms with van der Waals surface area (Å²) in [6.07, 6.45) is 19.2. The Kier molecular flexibility index (Phi) is 9.57. The van der Waals surface area contributed by atoms with Crippen molar-refractivity contribution in [3.63, 3.8) is 0 Å². The molecule has 2 aliphatic rings. The van der Waals surface area contributed by atoms with Crippen molar-refractivity contribution in [2.24, 2.45) is 17.8 Å². The molecule has 0 aliphatic heterocycles. The minimum absolute atomic E-state index is 0.707. The van der Waals surface area contributed by atoms with Crippen LogP contribution in [-0.4, -0.2) is 6.61 Å². The SMILES string of the molecule is CCCCCOc1ccc(C2CCC(C3CCC(CC/C=C/F)CC3)CC2)cc1. The number of ether oxygens (including phenoxy) is 1. The van der Waals surface area contributed by atoms with Crippen molar-refractivity contribution >= 4 is 0 Å². The third-order valence-electron chi connectivity index (χ3n) is 7.53. The molecule has 0 unspecified atom stereocenters.